The molecule has 1 atom stereocenters. The van der Waals surface area contributed by atoms with Crippen molar-refractivity contribution in [2.45, 2.75) is 31.1 Å². The number of hydrogen-bond donors (Lipinski definition) is 2. The van der Waals surface area contributed by atoms with Gasteiger partial charge in [0.1, 0.15) is 0 Å². The minimum Gasteiger partial charge on any atom is -0.455 e. The van der Waals surface area contributed by atoms with Crippen LogP contribution in [-0.2, 0) is 19.6 Å². The molecule has 0 saturated carbocycles. The molecule has 18 heavy (non-hydrogen) atoms. The monoisotopic (exact) mass is 287 g/mol. The van der Waals surface area contributed by atoms with Gasteiger partial charge in [0.2, 0.25) is 0 Å². The van der Waals surface area contributed by atoms with Gasteiger partial charge in [-0.25, -0.2) is 0 Å². The van der Waals surface area contributed by atoms with Gasteiger partial charge in [-0.3, -0.25) is 9.35 Å². The lowest BCUT2D eigenvalue weighted by atomic mass is 9.98. The molecular weight excluding hydrogens is 272 g/mol. The van der Waals surface area contributed by atoms with Crippen molar-refractivity contribution in [2.24, 2.45) is 5.92 Å². The molecule has 2 N–H and O–H groups in total. The average Bonchev–Trinajstić information content (AvgIpc) is 2.28. The van der Waals surface area contributed by atoms with Gasteiger partial charge in [-0.1, -0.05) is 0 Å². The third-order valence-corrected chi connectivity index (χ3v) is 3.80. The highest BCUT2D eigenvalue weighted by Crippen LogP contribution is 2.28. The molecule has 1 fully saturated rings. The Morgan fingerprint density at radius 1 is 1.44 bits per heavy atom. The van der Waals surface area contributed by atoms with E-state index in [0.717, 1.165) is 6.92 Å². The molecule has 0 amide bonds. The van der Waals surface area contributed by atoms with Crippen molar-refractivity contribution >= 4 is 16.1 Å². The first kappa shape index (κ1) is 15.3. The molecule has 0 aromatic carbocycles. The Morgan fingerprint density at radius 3 is 2.39 bits per heavy atom. The van der Waals surface area contributed by atoms with Crippen LogP contribution in [0.1, 0.15) is 19.8 Å². The van der Waals surface area contributed by atoms with Gasteiger partial charge in [-0.05, 0) is 32.9 Å². The topological polar surface area (TPSA) is 92.7 Å². The fourth-order valence-corrected chi connectivity index (χ4v) is 2.07. The Kier molecular flexibility index (Phi) is 4.62. The molecule has 9 heteroatoms. The van der Waals surface area contributed by atoms with Crippen LogP contribution >= 0.6 is 0 Å². The molecule has 1 unspecified atom stereocenters. The maximum Gasteiger partial charge on any atom is 0.405 e. The normalized spacial score (nSPS) is 20.4. The van der Waals surface area contributed by atoms with Crippen molar-refractivity contribution in [1.29, 1.82) is 0 Å². The van der Waals surface area contributed by atoms with E-state index in [9.17, 15) is 22.0 Å². The number of halogens is 2. The predicted octanol–water partition coefficient (Wildman–Crippen LogP) is 0.398. The minimum atomic E-state index is -5.60. The molecule has 1 heterocycles. The predicted molar refractivity (Wildman–Crippen MR) is 57.6 cm³/mol. The van der Waals surface area contributed by atoms with Gasteiger partial charge in [0.05, 0.1) is 5.92 Å². The van der Waals surface area contributed by atoms with E-state index in [2.05, 4.69) is 10.1 Å². The zero-order valence-corrected chi connectivity index (χ0v) is 10.5. The molecule has 1 aliphatic rings. The van der Waals surface area contributed by atoms with Crippen molar-refractivity contribution in [3.63, 3.8) is 0 Å². The average molecular weight is 287 g/mol. The van der Waals surface area contributed by atoms with Crippen molar-refractivity contribution < 1.29 is 31.3 Å². The maximum atomic E-state index is 13.1. The highest BCUT2D eigenvalue weighted by atomic mass is 32.2. The highest BCUT2D eigenvalue weighted by Gasteiger charge is 2.52. The van der Waals surface area contributed by atoms with Gasteiger partial charge >= 0.3 is 21.3 Å². The lowest BCUT2D eigenvalue weighted by Gasteiger charge is -2.25. The molecular formula is C9H15F2NO5S. The first-order valence-corrected chi connectivity index (χ1v) is 6.86. The molecule has 106 valence electrons. The van der Waals surface area contributed by atoms with Gasteiger partial charge < -0.3 is 10.1 Å². The standard InChI is InChI=1S/C9H15F2NO5S/c1-6(9(10,11)18(14,15)16)17-8(13)7-2-4-12-5-3-7/h6-7,12H,2-5H2,1H3,(H,14,15,16). The number of esters is 1. The number of nitrogens with one attached hydrogen (secondary N) is 1. The summed E-state index contributed by atoms with van der Waals surface area (Å²) in [6.45, 7) is 1.87. The summed E-state index contributed by atoms with van der Waals surface area (Å²) in [5.74, 6) is -1.39. The van der Waals surface area contributed by atoms with E-state index in [1.807, 2.05) is 0 Å². The zero-order valence-electron chi connectivity index (χ0n) is 9.73. The van der Waals surface area contributed by atoms with Crippen LogP contribution < -0.4 is 5.32 Å². The molecule has 0 aromatic heterocycles. The molecule has 6 nitrogen and oxygen atoms in total. The Bertz CT molecular complexity index is 405. The Hall–Kier alpha value is -0.800. The maximum absolute atomic E-state index is 13.1. The van der Waals surface area contributed by atoms with Crippen LogP contribution in [-0.4, -0.2) is 43.4 Å². The summed E-state index contributed by atoms with van der Waals surface area (Å²) in [7, 11) is -5.60. The second-order valence-corrected chi connectivity index (χ2v) is 5.63. The largest absolute Gasteiger partial charge is 0.455 e. The summed E-state index contributed by atoms with van der Waals surface area (Å²) in [5.41, 5.74) is 0. The van der Waals surface area contributed by atoms with Crippen LogP contribution in [0.2, 0.25) is 0 Å². The quantitative estimate of drug-likeness (QED) is 0.574. The van der Waals surface area contributed by atoms with Crippen LogP contribution in [0.4, 0.5) is 8.78 Å². The third-order valence-electron chi connectivity index (χ3n) is 2.78. The number of carbonyl (C=O) groups is 1. The lowest BCUT2D eigenvalue weighted by molar-refractivity contribution is -0.165. The van der Waals surface area contributed by atoms with Gasteiger partial charge in [0.15, 0.2) is 6.10 Å². The second-order valence-electron chi connectivity index (χ2n) is 4.14. The summed E-state index contributed by atoms with van der Waals surface area (Å²) in [6.07, 6.45) is -1.33. The molecule has 0 aromatic rings. The number of carbonyl (C=O) groups excluding carboxylic acids is 1. The summed E-state index contributed by atoms with van der Waals surface area (Å²) < 4.78 is 59.9. The van der Waals surface area contributed by atoms with Gasteiger partial charge in [-0.15, -0.1) is 0 Å². The van der Waals surface area contributed by atoms with Crippen LogP contribution in [0.5, 0.6) is 0 Å². The van der Waals surface area contributed by atoms with E-state index in [1.165, 1.54) is 0 Å². The van der Waals surface area contributed by atoms with Gasteiger partial charge in [0, 0.05) is 0 Å². The molecule has 1 rings (SSSR count). The van der Waals surface area contributed by atoms with Crippen LogP contribution in [0.3, 0.4) is 0 Å². The van der Waals surface area contributed by atoms with Crippen molar-refractivity contribution in [1.82, 2.24) is 5.32 Å². The number of hydrogen-bond acceptors (Lipinski definition) is 5. The van der Waals surface area contributed by atoms with Crippen LogP contribution in [0.25, 0.3) is 0 Å². The van der Waals surface area contributed by atoms with Crippen molar-refractivity contribution in [2.75, 3.05) is 13.1 Å². The van der Waals surface area contributed by atoms with Crippen molar-refractivity contribution in [3.05, 3.63) is 0 Å². The molecule has 0 bridgehead atoms. The smallest absolute Gasteiger partial charge is 0.405 e. The molecule has 1 aliphatic heterocycles. The SMILES string of the molecule is CC(OC(=O)C1CCNCC1)C(F)(F)S(=O)(=O)O. The Morgan fingerprint density at radius 2 is 1.94 bits per heavy atom. The first-order chi connectivity index (χ1) is 8.16. The highest BCUT2D eigenvalue weighted by molar-refractivity contribution is 7.86. The summed E-state index contributed by atoms with van der Waals surface area (Å²) >= 11 is 0. The fourth-order valence-electron chi connectivity index (χ4n) is 1.61. The third kappa shape index (κ3) is 3.36. The zero-order chi connectivity index (χ0) is 14.0. The fraction of sp³-hybridized carbons (Fsp3) is 0.889. The van der Waals surface area contributed by atoms with Crippen molar-refractivity contribution in [3.8, 4) is 0 Å². The lowest BCUT2D eigenvalue weighted by Crippen LogP contribution is -2.43. The van der Waals surface area contributed by atoms with E-state index in [-0.39, 0.29) is 0 Å². The molecule has 0 aliphatic carbocycles. The minimum absolute atomic E-state index is 0.447. The van der Waals surface area contributed by atoms with E-state index in [4.69, 9.17) is 4.55 Å². The van der Waals surface area contributed by atoms with Gasteiger partial charge in [-0.2, -0.15) is 17.2 Å². The summed E-state index contributed by atoms with van der Waals surface area (Å²) in [6, 6.07) is 0. The number of alkyl halides is 2. The molecule has 1 saturated heterocycles. The summed E-state index contributed by atoms with van der Waals surface area (Å²) in [4.78, 5) is 11.5. The first-order valence-electron chi connectivity index (χ1n) is 5.42. The van der Waals surface area contributed by atoms with E-state index >= 15 is 0 Å². The van der Waals surface area contributed by atoms with E-state index in [0.29, 0.717) is 25.9 Å². The molecule has 0 radical (unpaired) electrons. The Balaban J connectivity index is 2.64. The molecule has 0 spiro atoms. The number of piperidine rings is 1. The van der Waals surface area contributed by atoms with E-state index < -0.39 is 33.4 Å². The van der Waals surface area contributed by atoms with Crippen LogP contribution in [0, 0.1) is 5.92 Å². The van der Waals surface area contributed by atoms with E-state index in [1.54, 1.807) is 0 Å². The number of rotatable bonds is 4. The van der Waals surface area contributed by atoms with Crippen LogP contribution in [0.15, 0.2) is 0 Å². The second kappa shape index (κ2) is 5.45. The number of ether oxygens (including phenoxy) is 1. The Labute approximate surface area is 103 Å². The van der Waals surface area contributed by atoms with Gasteiger partial charge in [0.25, 0.3) is 0 Å². The summed E-state index contributed by atoms with van der Waals surface area (Å²) in [5, 5.41) is -1.52.